The highest BCUT2D eigenvalue weighted by molar-refractivity contribution is 6.22. The topological polar surface area (TPSA) is 30.2 Å². The number of nitrogens with zero attached hydrogens (tertiary/aromatic N) is 3. The van der Waals surface area contributed by atoms with Crippen molar-refractivity contribution in [1.29, 1.82) is 0 Å². The van der Waals surface area contributed by atoms with Gasteiger partial charge in [0.05, 0.1) is 5.69 Å². The Labute approximate surface area is 312 Å². The Balaban J connectivity index is 1.03. The molecule has 0 fully saturated rings. The third-order valence-electron chi connectivity index (χ3n) is 11.2. The molecule has 252 valence electrons. The molecule has 0 aliphatic heterocycles. The summed E-state index contributed by atoms with van der Waals surface area (Å²) in [5, 5.41) is 12.7. The zero-order valence-corrected chi connectivity index (χ0v) is 29.7. The van der Waals surface area contributed by atoms with Crippen LogP contribution >= 0.6 is 0 Å². The van der Waals surface area contributed by atoms with Gasteiger partial charge >= 0.3 is 0 Å². The Morgan fingerprint density at radius 1 is 0.426 bits per heavy atom. The average Bonchev–Trinajstić information content (AvgIpc) is 3.67. The van der Waals surface area contributed by atoms with Gasteiger partial charge in [-0.05, 0) is 112 Å². The summed E-state index contributed by atoms with van der Waals surface area (Å²) in [5.74, 6) is 0.703. The molecular formula is C51H33N3. The molecule has 9 aromatic carbocycles. The number of aromatic nitrogens is 3. The minimum Gasteiger partial charge on any atom is -0.291 e. The highest BCUT2D eigenvalue weighted by Gasteiger charge is 2.16. The van der Waals surface area contributed by atoms with Crippen LogP contribution in [0.2, 0.25) is 0 Å². The van der Waals surface area contributed by atoms with Crippen molar-refractivity contribution in [2.75, 3.05) is 0 Å². The van der Waals surface area contributed by atoms with E-state index in [9.17, 15) is 0 Å². The van der Waals surface area contributed by atoms with Crippen molar-refractivity contribution >= 4 is 59.6 Å². The van der Waals surface area contributed by atoms with Gasteiger partial charge in [0.15, 0.2) is 0 Å². The number of benzene rings is 9. The molecule has 2 aromatic heterocycles. The van der Waals surface area contributed by atoms with E-state index in [-0.39, 0.29) is 0 Å². The number of hydrogen-bond acceptors (Lipinski definition) is 2. The van der Waals surface area contributed by atoms with Crippen molar-refractivity contribution in [2.24, 2.45) is 0 Å². The maximum Gasteiger partial charge on any atom is 0.234 e. The van der Waals surface area contributed by atoms with Gasteiger partial charge < -0.3 is 0 Å². The fraction of sp³-hybridized carbons (Fsp3) is 0.0196. The molecule has 3 heteroatoms. The fourth-order valence-corrected chi connectivity index (χ4v) is 8.66. The van der Waals surface area contributed by atoms with Gasteiger partial charge in [0.1, 0.15) is 0 Å². The van der Waals surface area contributed by atoms with E-state index in [4.69, 9.17) is 4.98 Å². The van der Waals surface area contributed by atoms with Crippen LogP contribution in [0.15, 0.2) is 182 Å². The van der Waals surface area contributed by atoms with Gasteiger partial charge in [0.25, 0.3) is 0 Å². The number of imidazole rings is 1. The maximum absolute atomic E-state index is 4.72. The van der Waals surface area contributed by atoms with E-state index in [0.29, 0.717) is 5.78 Å². The SMILES string of the molecule is Cc1cccc2ccc3cccc(-c4cccc5ccc6cc(-c7ccc(-c8ccc(-c9cn%10cccnc%10n9)cc8)c8ccccc78)ccc6c45)c3c12. The van der Waals surface area contributed by atoms with Gasteiger partial charge in [0, 0.05) is 24.2 Å². The quantitative estimate of drug-likeness (QED) is 0.172. The Bertz CT molecular complexity index is 3250. The Morgan fingerprint density at radius 3 is 1.78 bits per heavy atom. The van der Waals surface area contributed by atoms with E-state index in [2.05, 4.69) is 170 Å². The summed E-state index contributed by atoms with van der Waals surface area (Å²) in [6, 6.07) is 60.2. The summed E-state index contributed by atoms with van der Waals surface area (Å²) < 4.78 is 1.96. The van der Waals surface area contributed by atoms with Crippen molar-refractivity contribution in [1.82, 2.24) is 14.4 Å². The van der Waals surface area contributed by atoms with Gasteiger partial charge in [-0.1, -0.05) is 152 Å². The van der Waals surface area contributed by atoms with Crippen LogP contribution in [0.3, 0.4) is 0 Å². The lowest BCUT2D eigenvalue weighted by Crippen LogP contribution is -1.89. The standard InChI is InChI=1S/C51H33N3/c1-32-8-4-9-35-20-21-37-11-6-15-46(50(37)48(32)35)45-14-5-10-36-22-23-39-30-38(24-25-42(39)49(36)45)41-27-26-40(43-12-2-3-13-44(41)43)33-16-18-34(19-17-33)47-31-54-29-7-28-52-51(54)53-47/h2-31H,1H3. The number of aryl methyl sites for hydroxylation is 1. The van der Waals surface area contributed by atoms with Crippen molar-refractivity contribution in [3.63, 3.8) is 0 Å². The summed E-state index contributed by atoms with van der Waals surface area (Å²) in [7, 11) is 0. The van der Waals surface area contributed by atoms with E-state index in [1.54, 1.807) is 6.20 Å². The van der Waals surface area contributed by atoms with Crippen LogP contribution in [0.25, 0.3) is 104 Å². The molecule has 0 aliphatic rings. The number of rotatable bonds is 4. The van der Waals surface area contributed by atoms with Crippen molar-refractivity contribution in [3.8, 4) is 44.6 Å². The van der Waals surface area contributed by atoms with Gasteiger partial charge in [0.2, 0.25) is 5.78 Å². The monoisotopic (exact) mass is 687 g/mol. The molecule has 0 saturated heterocycles. The lowest BCUT2D eigenvalue weighted by atomic mass is 9.87. The lowest BCUT2D eigenvalue weighted by Gasteiger charge is -2.16. The van der Waals surface area contributed by atoms with E-state index < -0.39 is 0 Å². The van der Waals surface area contributed by atoms with E-state index in [1.807, 2.05) is 22.9 Å². The van der Waals surface area contributed by atoms with Crippen LogP contribution in [0.5, 0.6) is 0 Å². The normalized spacial score (nSPS) is 11.8. The molecule has 11 aromatic rings. The molecule has 0 atom stereocenters. The van der Waals surface area contributed by atoms with Crippen molar-refractivity contribution in [2.45, 2.75) is 6.92 Å². The fourth-order valence-electron chi connectivity index (χ4n) is 8.66. The van der Waals surface area contributed by atoms with Gasteiger partial charge in [-0.25, -0.2) is 9.97 Å². The molecule has 3 nitrogen and oxygen atoms in total. The smallest absolute Gasteiger partial charge is 0.234 e. The first-order chi connectivity index (χ1) is 26.7. The Hall–Kier alpha value is -7.10. The maximum atomic E-state index is 4.72. The zero-order chi connectivity index (χ0) is 35.8. The second-order valence-corrected chi connectivity index (χ2v) is 14.3. The average molecular weight is 688 g/mol. The molecule has 0 radical (unpaired) electrons. The highest BCUT2D eigenvalue weighted by Crippen LogP contribution is 2.43. The Kier molecular flexibility index (Phi) is 6.77. The molecule has 0 amide bonds. The third kappa shape index (κ3) is 4.76. The van der Waals surface area contributed by atoms with Crippen LogP contribution in [0.4, 0.5) is 0 Å². The molecule has 0 saturated carbocycles. The Morgan fingerprint density at radius 2 is 1.04 bits per heavy atom. The molecule has 2 heterocycles. The highest BCUT2D eigenvalue weighted by atomic mass is 15.1. The van der Waals surface area contributed by atoms with Crippen LogP contribution in [0.1, 0.15) is 5.56 Å². The van der Waals surface area contributed by atoms with E-state index in [1.165, 1.54) is 92.8 Å². The zero-order valence-electron chi connectivity index (χ0n) is 29.7. The largest absolute Gasteiger partial charge is 0.291 e. The second kappa shape index (κ2) is 12.0. The first kappa shape index (κ1) is 30.5. The number of fused-ring (bicyclic) bond motifs is 8. The second-order valence-electron chi connectivity index (χ2n) is 14.3. The minimum absolute atomic E-state index is 0.703. The molecular weight excluding hydrogens is 655 g/mol. The number of hydrogen-bond donors (Lipinski definition) is 0. The van der Waals surface area contributed by atoms with Gasteiger partial charge in [-0.15, -0.1) is 0 Å². The molecule has 0 spiro atoms. The predicted octanol–water partition coefficient (Wildman–Crippen LogP) is 13.5. The van der Waals surface area contributed by atoms with Gasteiger partial charge in [-0.3, -0.25) is 4.40 Å². The van der Waals surface area contributed by atoms with Crippen LogP contribution in [-0.2, 0) is 0 Å². The van der Waals surface area contributed by atoms with Crippen LogP contribution in [0, 0.1) is 6.92 Å². The first-order valence-corrected chi connectivity index (χ1v) is 18.5. The molecule has 0 N–H and O–H groups in total. The van der Waals surface area contributed by atoms with Crippen LogP contribution in [-0.4, -0.2) is 14.4 Å². The van der Waals surface area contributed by atoms with Crippen molar-refractivity contribution < 1.29 is 0 Å². The summed E-state index contributed by atoms with van der Waals surface area (Å²) in [5.41, 5.74) is 10.7. The summed E-state index contributed by atoms with van der Waals surface area (Å²) in [6.45, 7) is 2.23. The summed E-state index contributed by atoms with van der Waals surface area (Å²) >= 11 is 0. The van der Waals surface area contributed by atoms with E-state index >= 15 is 0 Å². The summed E-state index contributed by atoms with van der Waals surface area (Å²) in [4.78, 5) is 9.10. The molecule has 0 bridgehead atoms. The molecule has 0 aliphatic carbocycles. The molecule has 0 unspecified atom stereocenters. The lowest BCUT2D eigenvalue weighted by molar-refractivity contribution is 1.11. The minimum atomic E-state index is 0.703. The van der Waals surface area contributed by atoms with E-state index in [0.717, 1.165) is 11.3 Å². The first-order valence-electron chi connectivity index (χ1n) is 18.5. The third-order valence-corrected chi connectivity index (χ3v) is 11.2. The molecule has 11 rings (SSSR count). The predicted molar refractivity (Wildman–Crippen MR) is 227 cm³/mol. The van der Waals surface area contributed by atoms with Crippen molar-refractivity contribution in [3.05, 3.63) is 188 Å². The van der Waals surface area contributed by atoms with Crippen LogP contribution < -0.4 is 0 Å². The molecule has 54 heavy (non-hydrogen) atoms. The summed E-state index contributed by atoms with van der Waals surface area (Å²) in [6.07, 6.45) is 5.78. The van der Waals surface area contributed by atoms with Gasteiger partial charge in [-0.2, -0.15) is 0 Å².